The number of nitrogens with one attached hydrogen (secondary N) is 2. The second-order valence-electron chi connectivity index (χ2n) is 3.87. The Kier molecular flexibility index (Phi) is 2.58. The molecule has 0 aliphatic heterocycles. The zero-order chi connectivity index (χ0) is 9.31. The van der Waals surface area contributed by atoms with E-state index in [2.05, 4.69) is 10.0 Å². The lowest BCUT2D eigenvalue weighted by Gasteiger charge is -2.05. The van der Waals surface area contributed by atoms with Crippen molar-refractivity contribution in [3.8, 4) is 0 Å². The number of hydrogen-bond donors (Lipinski definition) is 2. The minimum atomic E-state index is -2.95. The van der Waals surface area contributed by atoms with Crippen molar-refractivity contribution in [1.82, 2.24) is 10.0 Å². The zero-order valence-electron chi connectivity index (χ0n) is 7.62. The Morgan fingerprint density at radius 3 is 2.31 bits per heavy atom. The smallest absolute Gasteiger partial charge is 0.214 e. The van der Waals surface area contributed by atoms with Crippen molar-refractivity contribution in [3.63, 3.8) is 0 Å². The van der Waals surface area contributed by atoms with Gasteiger partial charge in [-0.05, 0) is 25.7 Å². The quantitative estimate of drug-likeness (QED) is 0.590. The highest BCUT2D eigenvalue weighted by molar-refractivity contribution is 7.90. The Morgan fingerprint density at radius 1 is 1.08 bits per heavy atom. The standard InChI is InChI=1S/C8H16N2O2S/c11-13(12,8-3-4-8)10-6-5-9-7-1-2-7/h7-10H,1-6H2. The summed E-state index contributed by atoms with van der Waals surface area (Å²) >= 11 is 0. The molecule has 0 unspecified atom stereocenters. The molecule has 0 atom stereocenters. The van der Waals surface area contributed by atoms with Gasteiger partial charge in [0.15, 0.2) is 0 Å². The van der Waals surface area contributed by atoms with Crippen LogP contribution < -0.4 is 10.0 Å². The normalized spacial score (nSPS) is 23.4. The van der Waals surface area contributed by atoms with Crippen molar-refractivity contribution in [3.05, 3.63) is 0 Å². The van der Waals surface area contributed by atoms with Crippen molar-refractivity contribution in [2.24, 2.45) is 0 Å². The second kappa shape index (κ2) is 3.55. The van der Waals surface area contributed by atoms with E-state index in [1.54, 1.807) is 0 Å². The van der Waals surface area contributed by atoms with Crippen LogP contribution in [0.2, 0.25) is 0 Å². The fraction of sp³-hybridized carbons (Fsp3) is 1.00. The summed E-state index contributed by atoms with van der Waals surface area (Å²) < 4.78 is 25.2. The van der Waals surface area contributed by atoms with Crippen LogP contribution in [0.4, 0.5) is 0 Å². The number of sulfonamides is 1. The monoisotopic (exact) mass is 204 g/mol. The molecule has 2 fully saturated rings. The summed E-state index contributed by atoms with van der Waals surface area (Å²) in [4.78, 5) is 0. The summed E-state index contributed by atoms with van der Waals surface area (Å²) in [6.45, 7) is 1.30. The van der Waals surface area contributed by atoms with Crippen molar-refractivity contribution < 1.29 is 8.42 Å². The lowest BCUT2D eigenvalue weighted by molar-refractivity contribution is 0.574. The fourth-order valence-corrected chi connectivity index (χ4v) is 2.63. The van der Waals surface area contributed by atoms with Crippen molar-refractivity contribution in [1.29, 1.82) is 0 Å². The van der Waals surface area contributed by atoms with Gasteiger partial charge in [0.05, 0.1) is 5.25 Å². The molecule has 0 amide bonds. The number of hydrogen-bond acceptors (Lipinski definition) is 3. The molecular weight excluding hydrogens is 188 g/mol. The molecule has 0 saturated heterocycles. The summed E-state index contributed by atoms with van der Waals surface area (Å²) in [7, 11) is -2.95. The van der Waals surface area contributed by atoms with E-state index in [-0.39, 0.29) is 5.25 Å². The van der Waals surface area contributed by atoms with Gasteiger partial charge in [-0.2, -0.15) is 0 Å². The Balaban J connectivity index is 1.60. The van der Waals surface area contributed by atoms with Gasteiger partial charge in [-0.15, -0.1) is 0 Å². The summed E-state index contributed by atoms with van der Waals surface area (Å²) in [5.41, 5.74) is 0. The van der Waals surface area contributed by atoms with Crippen LogP contribution in [0.5, 0.6) is 0 Å². The number of rotatable bonds is 6. The van der Waals surface area contributed by atoms with Crippen LogP contribution >= 0.6 is 0 Å². The summed E-state index contributed by atoms with van der Waals surface area (Å²) in [5.74, 6) is 0. The molecule has 0 heterocycles. The molecule has 5 heteroatoms. The van der Waals surface area contributed by atoms with Crippen LogP contribution in [0.25, 0.3) is 0 Å². The first-order valence-electron chi connectivity index (χ1n) is 4.90. The van der Waals surface area contributed by atoms with Crippen molar-refractivity contribution in [2.75, 3.05) is 13.1 Å². The summed E-state index contributed by atoms with van der Waals surface area (Å²) in [5, 5.41) is 3.17. The molecule has 2 aliphatic carbocycles. The third-order valence-electron chi connectivity index (χ3n) is 2.40. The lowest BCUT2D eigenvalue weighted by atomic mass is 10.6. The van der Waals surface area contributed by atoms with Gasteiger partial charge in [0.25, 0.3) is 0 Å². The molecule has 0 aromatic carbocycles. The van der Waals surface area contributed by atoms with Crippen LogP contribution in [0, 0.1) is 0 Å². The minimum Gasteiger partial charge on any atom is -0.313 e. The van der Waals surface area contributed by atoms with Crippen LogP contribution in [0.3, 0.4) is 0 Å². The van der Waals surface area contributed by atoms with Crippen molar-refractivity contribution in [2.45, 2.75) is 37.0 Å². The van der Waals surface area contributed by atoms with Crippen LogP contribution in [0.15, 0.2) is 0 Å². The SMILES string of the molecule is O=S(=O)(NCCNC1CC1)C1CC1. The molecule has 13 heavy (non-hydrogen) atoms. The molecule has 2 aliphatic rings. The Hall–Kier alpha value is -0.130. The highest BCUT2D eigenvalue weighted by Crippen LogP contribution is 2.27. The van der Waals surface area contributed by atoms with Gasteiger partial charge in [0.1, 0.15) is 0 Å². The highest BCUT2D eigenvalue weighted by Gasteiger charge is 2.35. The molecule has 0 aromatic rings. The highest BCUT2D eigenvalue weighted by atomic mass is 32.2. The van der Waals surface area contributed by atoms with Gasteiger partial charge in [-0.1, -0.05) is 0 Å². The molecule has 4 nitrogen and oxygen atoms in total. The van der Waals surface area contributed by atoms with E-state index in [1.807, 2.05) is 0 Å². The molecule has 0 radical (unpaired) electrons. The van der Waals surface area contributed by atoms with E-state index < -0.39 is 10.0 Å². The maximum absolute atomic E-state index is 11.3. The van der Waals surface area contributed by atoms with Gasteiger partial charge in [0, 0.05) is 19.1 Å². The topological polar surface area (TPSA) is 58.2 Å². The predicted molar refractivity (Wildman–Crippen MR) is 51.0 cm³/mol. The van der Waals surface area contributed by atoms with Gasteiger partial charge in [0.2, 0.25) is 10.0 Å². The predicted octanol–water partition coefficient (Wildman–Crippen LogP) is -0.180. The summed E-state index contributed by atoms with van der Waals surface area (Å²) in [6, 6.07) is 0.658. The van der Waals surface area contributed by atoms with E-state index in [9.17, 15) is 8.42 Å². The first-order chi connectivity index (χ1) is 6.18. The van der Waals surface area contributed by atoms with Gasteiger partial charge in [-0.25, -0.2) is 13.1 Å². The van der Waals surface area contributed by atoms with Crippen LogP contribution in [-0.4, -0.2) is 32.8 Å². The van der Waals surface area contributed by atoms with E-state index >= 15 is 0 Å². The van der Waals surface area contributed by atoms with Gasteiger partial charge >= 0.3 is 0 Å². The molecule has 0 aromatic heterocycles. The average molecular weight is 204 g/mol. The third-order valence-corrected chi connectivity index (χ3v) is 4.36. The minimum absolute atomic E-state index is 0.0894. The Morgan fingerprint density at radius 2 is 1.77 bits per heavy atom. The molecule has 2 saturated carbocycles. The maximum Gasteiger partial charge on any atom is 0.214 e. The average Bonchev–Trinajstić information content (AvgIpc) is 2.85. The second-order valence-corrected chi connectivity index (χ2v) is 5.91. The third kappa shape index (κ3) is 2.93. The van der Waals surface area contributed by atoms with Crippen molar-refractivity contribution >= 4 is 10.0 Å². The first kappa shape index (κ1) is 9.43. The molecule has 0 spiro atoms. The molecular formula is C8H16N2O2S. The van der Waals surface area contributed by atoms with Crippen LogP contribution in [-0.2, 0) is 10.0 Å². The molecule has 2 N–H and O–H groups in total. The zero-order valence-corrected chi connectivity index (χ0v) is 8.44. The Labute approximate surface area is 79.1 Å². The molecule has 0 bridgehead atoms. The van der Waals surface area contributed by atoms with Gasteiger partial charge < -0.3 is 5.32 Å². The summed E-state index contributed by atoms with van der Waals surface area (Å²) in [6.07, 6.45) is 4.17. The maximum atomic E-state index is 11.3. The molecule has 76 valence electrons. The lowest BCUT2D eigenvalue weighted by Crippen LogP contribution is -2.34. The van der Waals surface area contributed by atoms with Crippen LogP contribution in [0.1, 0.15) is 25.7 Å². The van der Waals surface area contributed by atoms with E-state index in [4.69, 9.17) is 0 Å². The first-order valence-corrected chi connectivity index (χ1v) is 6.45. The van der Waals surface area contributed by atoms with E-state index in [1.165, 1.54) is 12.8 Å². The largest absolute Gasteiger partial charge is 0.313 e. The fourth-order valence-electron chi connectivity index (χ4n) is 1.25. The Bertz CT molecular complexity index is 268. The van der Waals surface area contributed by atoms with E-state index in [0.29, 0.717) is 12.6 Å². The van der Waals surface area contributed by atoms with Gasteiger partial charge in [-0.3, -0.25) is 0 Å². The molecule has 2 rings (SSSR count). The van der Waals surface area contributed by atoms with E-state index in [0.717, 1.165) is 19.4 Å².